The van der Waals surface area contributed by atoms with Gasteiger partial charge in [0.25, 0.3) is 0 Å². The van der Waals surface area contributed by atoms with Gasteiger partial charge in [0.2, 0.25) is 0 Å². The monoisotopic (exact) mass is 277 g/mol. The lowest BCUT2D eigenvalue weighted by molar-refractivity contribution is 0.584. The third-order valence-corrected chi connectivity index (χ3v) is 4.67. The lowest BCUT2D eigenvalue weighted by Gasteiger charge is -2.05. The van der Waals surface area contributed by atoms with Crippen LogP contribution in [0.2, 0.25) is 0 Å². The molecule has 98 valence electrons. The molecule has 1 aliphatic carbocycles. The molecule has 1 aromatic heterocycles. The van der Waals surface area contributed by atoms with Gasteiger partial charge in [0.05, 0.1) is 9.88 Å². The van der Waals surface area contributed by atoms with E-state index >= 15 is 0 Å². The highest BCUT2D eigenvalue weighted by atomic mass is 32.1. The van der Waals surface area contributed by atoms with Crippen molar-refractivity contribution in [1.29, 1.82) is 0 Å². The summed E-state index contributed by atoms with van der Waals surface area (Å²) < 4.78 is 27.7. The highest BCUT2D eigenvalue weighted by molar-refractivity contribution is 7.13. The molecule has 0 N–H and O–H groups in total. The van der Waals surface area contributed by atoms with Gasteiger partial charge < -0.3 is 0 Å². The van der Waals surface area contributed by atoms with E-state index in [1.54, 1.807) is 0 Å². The Morgan fingerprint density at radius 2 is 1.63 bits per heavy atom. The maximum atomic E-state index is 13.3. The topological polar surface area (TPSA) is 12.9 Å². The summed E-state index contributed by atoms with van der Waals surface area (Å²) in [7, 11) is 0. The molecule has 0 spiro atoms. The average Bonchev–Trinajstić information content (AvgIpc) is 2.79. The Kier molecular flexibility index (Phi) is 2.97. The van der Waals surface area contributed by atoms with E-state index < -0.39 is 11.6 Å². The minimum Gasteiger partial charge on any atom is -0.236 e. The maximum Gasteiger partial charge on any atom is 0.126 e. The van der Waals surface area contributed by atoms with Crippen molar-refractivity contribution in [2.45, 2.75) is 26.7 Å². The van der Waals surface area contributed by atoms with E-state index in [2.05, 4.69) is 18.8 Å². The van der Waals surface area contributed by atoms with Crippen molar-refractivity contribution < 1.29 is 8.78 Å². The Hall–Kier alpha value is -1.55. The fourth-order valence-electron chi connectivity index (χ4n) is 2.31. The number of thiazole rings is 1. The van der Waals surface area contributed by atoms with Crippen LogP contribution in [0.4, 0.5) is 8.78 Å². The Morgan fingerprint density at radius 1 is 1.00 bits per heavy atom. The van der Waals surface area contributed by atoms with Crippen molar-refractivity contribution in [3.63, 3.8) is 0 Å². The second-order valence-electron chi connectivity index (χ2n) is 4.92. The second-order valence-corrected chi connectivity index (χ2v) is 5.91. The maximum absolute atomic E-state index is 13.3. The highest BCUT2D eigenvalue weighted by Crippen LogP contribution is 2.23. The van der Waals surface area contributed by atoms with E-state index in [9.17, 15) is 8.78 Å². The molecule has 1 heterocycles. The van der Waals surface area contributed by atoms with Crippen LogP contribution in [-0.2, 0) is 0 Å². The van der Waals surface area contributed by atoms with Crippen LogP contribution >= 0.6 is 11.3 Å². The minimum absolute atomic E-state index is 0.512. The van der Waals surface area contributed by atoms with Crippen molar-refractivity contribution in [3.05, 3.63) is 39.7 Å². The fourth-order valence-corrected chi connectivity index (χ4v) is 3.47. The van der Waals surface area contributed by atoms with Crippen LogP contribution in [-0.4, -0.2) is 4.98 Å². The zero-order chi connectivity index (χ0) is 13.6. The molecule has 19 heavy (non-hydrogen) atoms. The number of aromatic nitrogens is 1. The van der Waals surface area contributed by atoms with Gasteiger partial charge in [0.1, 0.15) is 16.6 Å². The van der Waals surface area contributed by atoms with Gasteiger partial charge in [-0.1, -0.05) is 5.57 Å². The number of fused-ring (bicyclic) bond motifs is 1. The van der Waals surface area contributed by atoms with Crippen molar-refractivity contribution in [2.24, 2.45) is 0 Å². The third-order valence-electron chi connectivity index (χ3n) is 3.40. The molecule has 1 aromatic carbocycles. The van der Waals surface area contributed by atoms with Gasteiger partial charge in [-0.3, -0.25) is 0 Å². The molecule has 3 rings (SSSR count). The zero-order valence-corrected chi connectivity index (χ0v) is 11.6. The predicted octanol–water partition coefficient (Wildman–Crippen LogP) is 3.22. The Morgan fingerprint density at radius 3 is 2.26 bits per heavy atom. The molecule has 0 bridgehead atoms. The zero-order valence-electron chi connectivity index (χ0n) is 10.8. The van der Waals surface area contributed by atoms with Crippen LogP contribution < -0.4 is 9.88 Å². The normalized spacial score (nSPS) is 14.7. The highest BCUT2D eigenvalue weighted by Gasteiger charge is 2.12. The fraction of sp³-hybridized carbons (Fsp3) is 0.267. The molecule has 0 saturated carbocycles. The summed E-state index contributed by atoms with van der Waals surface area (Å²) in [4.78, 5) is 4.56. The van der Waals surface area contributed by atoms with Gasteiger partial charge in [-0.05, 0) is 44.4 Å². The third kappa shape index (κ3) is 2.21. The molecular formula is C15H13F2NS. The largest absolute Gasteiger partial charge is 0.236 e. The Bertz CT molecular complexity index is 714. The first-order valence-corrected chi connectivity index (χ1v) is 6.99. The molecule has 0 radical (unpaired) electrons. The molecule has 0 amide bonds. The second kappa shape index (κ2) is 4.53. The number of benzene rings is 1. The Labute approximate surface area is 113 Å². The van der Waals surface area contributed by atoms with Gasteiger partial charge >= 0.3 is 0 Å². The molecule has 0 atom stereocenters. The van der Waals surface area contributed by atoms with E-state index in [4.69, 9.17) is 0 Å². The van der Waals surface area contributed by atoms with Crippen molar-refractivity contribution in [3.8, 4) is 10.6 Å². The standard InChI is InChI=1S/C15H13F2NS/c1-8-3-4-9(2)14-13(8)18-15(19-14)10-5-11(16)7-12(17)6-10/h5-7H,3-4H2,1-2H3. The molecule has 0 unspecified atom stereocenters. The molecule has 0 aliphatic heterocycles. The van der Waals surface area contributed by atoms with Gasteiger partial charge in [-0.25, -0.2) is 13.8 Å². The molecule has 0 saturated heterocycles. The quantitative estimate of drug-likeness (QED) is 0.780. The summed E-state index contributed by atoms with van der Waals surface area (Å²) in [6.07, 6.45) is 2.05. The molecular weight excluding hydrogens is 264 g/mol. The molecule has 1 nitrogen and oxygen atoms in total. The van der Waals surface area contributed by atoms with Gasteiger partial charge in [0.15, 0.2) is 0 Å². The first-order chi connectivity index (χ1) is 9.04. The Balaban J connectivity index is 2.27. The van der Waals surface area contributed by atoms with E-state index in [0.29, 0.717) is 10.6 Å². The number of hydrogen-bond acceptors (Lipinski definition) is 2. The molecule has 4 heteroatoms. The van der Waals surface area contributed by atoms with Crippen LogP contribution in [0.1, 0.15) is 26.7 Å². The van der Waals surface area contributed by atoms with Crippen LogP contribution in [0.5, 0.6) is 0 Å². The van der Waals surface area contributed by atoms with Gasteiger partial charge in [-0.2, -0.15) is 0 Å². The summed E-state index contributed by atoms with van der Waals surface area (Å²) in [6.45, 7) is 4.17. The van der Waals surface area contributed by atoms with Crippen LogP contribution in [0.3, 0.4) is 0 Å². The smallest absolute Gasteiger partial charge is 0.126 e. The SMILES string of the molecule is CC1=c2nc(-c3cc(F)cc(F)c3)sc2=C(C)CC1. The summed E-state index contributed by atoms with van der Waals surface area (Å²) in [6, 6.07) is 3.54. The van der Waals surface area contributed by atoms with Crippen molar-refractivity contribution in [1.82, 2.24) is 4.98 Å². The predicted molar refractivity (Wildman–Crippen MR) is 74.1 cm³/mol. The molecule has 2 aromatic rings. The summed E-state index contributed by atoms with van der Waals surface area (Å²) >= 11 is 1.52. The molecule has 1 aliphatic rings. The van der Waals surface area contributed by atoms with E-state index in [1.807, 2.05) is 0 Å². The van der Waals surface area contributed by atoms with Crippen molar-refractivity contribution in [2.75, 3.05) is 0 Å². The number of hydrogen-bond donors (Lipinski definition) is 0. The summed E-state index contributed by atoms with van der Waals surface area (Å²) in [5.41, 5.74) is 3.07. The molecule has 0 fully saturated rings. The summed E-state index contributed by atoms with van der Waals surface area (Å²) in [5.74, 6) is -1.13. The van der Waals surface area contributed by atoms with Gasteiger partial charge in [0, 0.05) is 11.6 Å². The number of halogens is 2. The first-order valence-electron chi connectivity index (χ1n) is 6.17. The van der Waals surface area contributed by atoms with Crippen LogP contribution in [0.15, 0.2) is 18.2 Å². The van der Waals surface area contributed by atoms with E-state index in [-0.39, 0.29) is 0 Å². The minimum atomic E-state index is -0.565. The van der Waals surface area contributed by atoms with Crippen LogP contribution in [0, 0.1) is 11.6 Å². The van der Waals surface area contributed by atoms with Crippen molar-refractivity contribution >= 4 is 22.5 Å². The summed E-state index contributed by atoms with van der Waals surface area (Å²) in [5, 5.41) is 1.68. The number of rotatable bonds is 1. The van der Waals surface area contributed by atoms with Crippen LogP contribution in [0.25, 0.3) is 21.7 Å². The van der Waals surface area contributed by atoms with E-state index in [1.165, 1.54) is 34.6 Å². The van der Waals surface area contributed by atoms with E-state index in [0.717, 1.165) is 28.8 Å². The lowest BCUT2D eigenvalue weighted by Crippen LogP contribution is -2.28. The average molecular weight is 277 g/mol. The number of nitrogens with zero attached hydrogens (tertiary/aromatic N) is 1. The lowest BCUT2D eigenvalue weighted by atomic mass is 10.0. The van der Waals surface area contributed by atoms with Gasteiger partial charge in [-0.15, -0.1) is 11.3 Å². The first kappa shape index (κ1) is 12.5.